The van der Waals surface area contributed by atoms with Gasteiger partial charge in [-0.3, -0.25) is 0 Å². The first-order valence-corrected chi connectivity index (χ1v) is 23.2. The predicted octanol–water partition coefficient (Wildman–Crippen LogP) is 18.6. The fraction of sp³-hybridized carbons (Fsp3) is 0. The van der Waals surface area contributed by atoms with E-state index in [0.29, 0.717) is 0 Å². The lowest BCUT2D eigenvalue weighted by Crippen LogP contribution is -2.11. The Hall–Kier alpha value is -8.98. The van der Waals surface area contributed by atoms with Crippen LogP contribution in [0.3, 0.4) is 0 Å². The molecule has 0 saturated carbocycles. The molecule has 11 aromatic carbocycles. The summed E-state index contributed by atoms with van der Waals surface area (Å²) in [5, 5.41) is 0. The van der Waals surface area contributed by atoms with Crippen molar-refractivity contribution in [2.45, 2.75) is 0 Å². The monoisotopic (exact) mass is 868 g/mol. The molecule has 322 valence electrons. The van der Waals surface area contributed by atoms with Gasteiger partial charge in [-0.1, -0.05) is 224 Å². The minimum absolute atomic E-state index is 1.08. The van der Waals surface area contributed by atoms with Gasteiger partial charge >= 0.3 is 0 Å². The predicted molar refractivity (Wildman–Crippen MR) is 288 cm³/mol. The molecule has 0 fully saturated rings. The van der Waals surface area contributed by atoms with Gasteiger partial charge < -0.3 is 9.80 Å². The van der Waals surface area contributed by atoms with E-state index in [0.717, 1.165) is 56.4 Å². The molecule has 0 aromatic heterocycles. The molecule has 0 N–H and O–H groups in total. The van der Waals surface area contributed by atoms with Gasteiger partial charge in [0.1, 0.15) is 0 Å². The largest absolute Gasteiger partial charge is 0.310 e. The van der Waals surface area contributed by atoms with Crippen LogP contribution in [-0.2, 0) is 0 Å². The van der Waals surface area contributed by atoms with E-state index in [1.54, 1.807) is 0 Å². The Kier molecular flexibility index (Phi) is 11.8. The molecule has 11 rings (SSSR count). The Morgan fingerprint density at radius 1 is 0.162 bits per heavy atom. The lowest BCUT2D eigenvalue weighted by Gasteiger charge is -2.29. The van der Waals surface area contributed by atoms with Crippen LogP contribution in [0.2, 0.25) is 0 Å². The summed E-state index contributed by atoms with van der Waals surface area (Å²) in [4.78, 5) is 4.78. The van der Waals surface area contributed by atoms with Crippen molar-refractivity contribution in [3.8, 4) is 66.8 Å². The standard InChI is InChI=1S/C66H48N2/c1-5-18-49(19-6-1)53-32-40-59(41-33-53)67(60-42-34-54(35-43-60)50-20-7-2-8-21-50)65-30-15-13-28-63(65)57-26-17-27-58(48-57)64-29-14-16-31-66(64)68(61-44-36-55(37-45-61)51-22-9-3-10-23-51)62-46-38-56(39-47-62)52-24-11-4-12-25-52/h1-48H. The summed E-state index contributed by atoms with van der Waals surface area (Å²) in [6.07, 6.45) is 0. The first-order chi connectivity index (χ1) is 33.7. The van der Waals surface area contributed by atoms with Crippen molar-refractivity contribution in [1.82, 2.24) is 0 Å². The summed E-state index contributed by atoms with van der Waals surface area (Å²) in [5.41, 5.74) is 20.6. The molecule has 2 heteroatoms. The third-order valence-corrected chi connectivity index (χ3v) is 12.7. The molecular weight excluding hydrogens is 821 g/mol. The molecule has 68 heavy (non-hydrogen) atoms. The van der Waals surface area contributed by atoms with E-state index in [1.807, 2.05) is 0 Å². The lowest BCUT2D eigenvalue weighted by molar-refractivity contribution is 1.28. The molecule has 0 aliphatic rings. The SMILES string of the molecule is c1ccc(-c2ccc(N(c3ccc(-c4ccccc4)cc3)c3ccccc3-c3cccc(-c4ccccc4N(c4ccc(-c5ccccc5)cc4)c4ccc(-c5ccccc5)cc4)c3)cc2)cc1. The number of para-hydroxylation sites is 2. The molecular formula is C66H48N2. The Morgan fingerprint density at radius 2 is 0.382 bits per heavy atom. The molecule has 11 aromatic rings. The molecule has 0 amide bonds. The number of benzene rings is 11. The lowest BCUT2D eigenvalue weighted by atomic mass is 9.95. The van der Waals surface area contributed by atoms with Crippen LogP contribution in [0.15, 0.2) is 291 Å². The minimum Gasteiger partial charge on any atom is -0.310 e. The highest BCUT2D eigenvalue weighted by Crippen LogP contribution is 2.45. The van der Waals surface area contributed by atoms with Crippen LogP contribution in [0, 0.1) is 0 Å². The Bertz CT molecular complexity index is 2990. The highest BCUT2D eigenvalue weighted by Gasteiger charge is 2.21. The molecule has 2 nitrogen and oxygen atoms in total. The zero-order valence-electron chi connectivity index (χ0n) is 37.6. The summed E-state index contributed by atoms with van der Waals surface area (Å²) in [6, 6.07) is 105. The highest BCUT2D eigenvalue weighted by atomic mass is 15.1. The van der Waals surface area contributed by atoms with Gasteiger partial charge in [-0.2, -0.15) is 0 Å². The quantitative estimate of drug-likeness (QED) is 0.121. The van der Waals surface area contributed by atoms with Gasteiger partial charge in [0.15, 0.2) is 0 Å². The molecule has 0 aliphatic heterocycles. The summed E-state index contributed by atoms with van der Waals surface area (Å²) in [6.45, 7) is 0. The maximum atomic E-state index is 2.39. The van der Waals surface area contributed by atoms with Crippen molar-refractivity contribution in [1.29, 1.82) is 0 Å². The molecule has 0 saturated heterocycles. The first kappa shape index (κ1) is 41.7. The first-order valence-electron chi connectivity index (χ1n) is 23.2. The Morgan fingerprint density at radius 3 is 0.662 bits per heavy atom. The van der Waals surface area contributed by atoms with Crippen molar-refractivity contribution in [3.63, 3.8) is 0 Å². The van der Waals surface area contributed by atoms with Crippen molar-refractivity contribution in [3.05, 3.63) is 291 Å². The fourth-order valence-corrected chi connectivity index (χ4v) is 9.27. The van der Waals surface area contributed by atoms with Gasteiger partial charge in [-0.25, -0.2) is 0 Å². The van der Waals surface area contributed by atoms with Crippen molar-refractivity contribution in [2.24, 2.45) is 0 Å². The normalized spacial score (nSPS) is 10.9. The average molecular weight is 869 g/mol. The molecule has 0 atom stereocenters. The molecule has 0 radical (unpaired) electrons. The van der Waals surface area contributed by atoms with Gasteiger partial charge in [0, 0.05) is 33.9 Å². The van der Waals surface area contributed by atoms with Crippen molar-refractivity contribution >= 4 is 34.1 Å². The van der Waals surface area contributed by atoms with Crippen molar-refractivity contribution in [2.75, 3.05) is 9.80 Å². The number of nitrogens with zero attached hydrogens (tertiary/aromatic N) is 2. The maximum Gasteiger partial charge on any atom is 0.0540 e. The zero-order valence-corrected chi connectivity index (χ0v) is 37.6. The number of anilines is 6. The molecule has 0 aliphatic carbocycles. The van der Waals surface area contributed by atoms with E-state index < -0.39 is 0 Å². The molecule has 0 spiro atoms. The van der Waals surface area contributed by atoms with Crippen molar-refractivity contribution < 1.29 is 0 Å². The highest BCUT2D eigenvalue weighted by molar-refractivity contribution is 5.93. The van der Waals surface area contributed by atoms with Gasteiger partial charge in [0.2, 0.25) is 0 Å². The van der Waals surface area contributed by atoms with Gasteiger partial charge in [0.25, 0.3) is 0 Å². The van der Waals surface area contributed by atoms with E-state index in [-0.39, 0.29) is 0 Å². The summed E-state index contributed by atoms with van der Waals surface area (Å²) in [5.74, 6) is 0. The minimum atomic E-state index is 1.08. The maximum absolute atomic E-state index is 2.39. The van der Waals surface area contributed by atoms with Crippen LogP contribution in [0.5, 0.6) is 0 Å². The molecule has 0 unspecified atom stereocenters. The molecule has 0 bridgehead atoms. The van der Waals surface area contributed by atoms with Gasteiger partial charge in [0.05, 0.1) is 11.4 Å². The average Bonchev–Trinajstić information content (AvgIpc) is 3.43. The molecule has 0 heterocycles. The zero-order chi connectivity index (χ0) is 45.5. The summed E-state index contributed by atoms with van der Waals surface area (Å²) in [7, 11) is 0. The van der Waals surface area contributed by atoms with Crippen LogP contribution < -0.4 is 9.80 Å². The summed E-state index contributed by atoms with van der Waals surface area (Å²) >= 11 is 0. The van der Waals surface area contributed by atoms with Crippen LogP contribution >= 0.6 is 0 Å². The Labute approximate surface area is 400 Å². The van der Waals surface area contributed by atoms with E-state index in [9.17, 15) is 0 Å². The number of hydrogen-bond donors (Lipinski definition) is 0. The van der Waals surface area contributed by atoms with E-state index in [2.05, 4.69) is 301 Å². The van der Waals surface area contributed by atoms with E-state index in [4.69, 9.17) is 0 Å². The van der Waals surface area contributed by atoms with Crippen LogP contribution in [0.25, 0.3) is 66.8 Å². The van der Waals surface area contributed by atoms with Gasteiger partial charge in [-0.05, 0) is 122 Å². The Balaban J connectivity index is 1.01. The topological polar surface area (TPSA) is 6.48 Å². The summed E-state index contributed by atoms with van der Waals surface area (Å²) < 4.78 is 0. The van der Waals surface area contributed by atoms with Crippen LogP contribution in [-0.4, -0.2) is 0 Å². The second-order valence-electron chi connectivity index (χ2n) is 16.9. The second kappa shape index (κ2) is 19.2. The third-order valence-electron chi connectivity index (χ3n) is 12.7. The smallest absolute Gasteiger partial charge is 0.0540 e. The van der Waals surface area contributed by atoms with Crippen LogP contribution in [0.1, 0.15) is 0 Å². The van der Waals surface area contributed by atoms with Gasteiger partial charge in [-0.15, -0.1) is 0 Å². The number of hydrogen-bond acceptors (Lipinski definition) is 2. The fourth-order valence-electron chi connectivity index (χ4n) is 9.27. The number of rotatable bonds is 12. The van der Waals surface area contributed by atoms with Crippen LogP contribution in [0.4, 0.5) is 34.1 Å². The third kappa shape index (κ3) is 8.75. The second-order valence-corrected chi connectivity index (χ2v) is 16.9. The van der Waals surface area contributed by atoms with E-state index in [1.165, 1.54) is 44.5 Å². The van der Waals surface area contributed by atoms with E-state index >= 15 is 0 Å².